The van der Waals surface area contributed by atoms with Crippen molar-refractivity contribution in [3.8, 4) is 0 Å². The summed E-state index contributed by atoms with van der Waals surface area (Å²) in [5.41, 5.74) is 1.55. The third-order valence-corrected chi connectivity index (χ3v) is 10.9. The van der Waals surface area contributed by atoms with Crippen LogP contribution < -0.4 is 0 Å². The molecule has 33 heavy (non-hydrogen) atoms. The van der Waals surface area contributed by atoms with Crippen LogP contribution in [-0.4, -0.2) is 51.6 Å². The summed E-state index contributed by atoms with van der Waals surface area (Å²) >= 11 is 0. The van der Waals surface area contributed by atoms with E-state index in [9.17, 15) is 16.8 Å². The molecule has 2 aromatic rings. The summed E-state index contributed by atoms with van der Waals surface area (Å²) in [5.74, 6) is 0. The molecule has 0 atom stereocenters. The minimum Gasteiger partial charge on any atom is -0.207 e. The van der Waals surface area contributed by atoms with Crippen LogP contribution in [0, 0.1) is 0 Å². The highest BCUT2D eigenvalue weighted by Crippen LogP contribution is 2.33. The molecule has 0 saturated carbocycles. The molecule has 4 rings (SSSR count). The molecule has 0 unspecified atom stereocenters. The van der Waals surface area contributed by atoms with Crippen LogP contribution in [-0.2, 0) is 25.5 Å². The summed E-state index contributed by atoms with van der Waals surface area (Å²) in [5, 5.41) is 0. The minimum absolute atomic E-state index is 0.326. The summed E-state index contributed by atoms with van der Waals surface area (Å²) in [6.45, 7) is 6.47. The molecule has 2 heterocycles. The van der Waals surface area contributed by atoms with Gasteiger partial charge in [-0.05, 0) is 61.1 Å². The molecule has 0 spiro atoms. The van der Waals surface area contributed by atoms with Crippen molar-refractivity contribution in [1.29, 1.82) is 0 Å². The third kappa shape index (κ3) is 4.90. The third-order valence-electron chi connectivity index (χ3n) is 7.06. The standard InChI is InChI=1S/C25H34N2O4S2/c1-25(2,21-9-13-23(14-10-21)32(28,29)26-17-5-3-6-18-26)22-11-15-24(16-12-22)33(30,31)27-19-7-4-8-20-27/h9-16H,3-8,17-20H2,1-2H3. The van der Waals surface area contributed by atoms with Gasteiger partial charge < -0.3 is 0 Å². The van der Waals surface area contributed by atoms with E-state index in [-0.39, 0.29) is 0 Å². The lowest BCUT2D eigenvalue weighted by molar-refractivity contribution is 0.346. The average molecular weight is 491 g/mol. The van der Waals surface area contributed by atoms with Gasteiger partial charge in [0.05, 0.1) is 9.79 Å². The lowest BCUT2D eigenvalue weighted by atomic mass is 9.78. The number of hydrogen-bond acceptors (Lipinski definition) is 4. The van der Waals surface area contributed by atoms with Crippen LogP contribution in [0.5, 0.6) is 0 Å². The number of rotatable bonds is 6. The van der Waals surface area contributed by atoms with Gasteiger partial charge in [0.2, 0.25) is 20.0 Å². The average Bonchev–Trinajstić information content (AvgIpc) is 2.85. The van der Waals surface area contributed by atoms with Crippen molar-refractivity contribution in [3.05, 3.63) is 59.7 Å². The molecule has 0 aliphatic carbocycles. The smallest absolute Gasteiger partial charge is 0.207 e. The van der Waals surface area contributed by atoms with Gasteiger partial charge in [-0.15, -0.1) is 0 Å². The van der Waals surface area contributed by atoms with E-state index < -0.39 is 25.5 Å². The molecule has 2 aliphatic rings. The number of sulfonamides is 2. The molecule has 8 heteroatoms. The molecule has 2 saturated heterocycles. The van der Waals surface area contributed by atoms with E-state index in [1.54, 1.807) is 32.9 Å². The van der Waals surface area contributed by atoms with Crippen LogP contribution in [0.15, 0.2) is 58.3 Å². The molecule has 0 radical (unpaired) electrons. The Hall–Kier alpha value is -1.74. The summed E-state index contributed by atoms with van der Waals surface area (Å²) in [6.07, 6.45) is 5.80. The van der Waals surface area contributed by atoms with Gasteiger partial charge in [-0.1, -0.05) is 51.0 Å². The largest absolute Gasteiger partial charge is 0.243 e. The first-order valence-electron chi connectivity index (χ1n) is 11.8. The predicted octanol–water partition coefficient (Wildman–Crippen LogP) is 4.36. The summed E-state index contributed by atoms with van der Waals surface area (Å²) in [6, 6.07) is 14.2. The van der Waals surface area contributed by atoms with Crippen molar-refractivity contribution in [1.82, 2.24) is 8.61 Å². The Balaban J connectivity index is 1.54. The van der Waals surface area contributed by atoms with Gasteiger partial charge in [-0.3, -0.25) is 0 Å². The summed E-state index contributed by atoms with van der Waals surface area (Å²) in [7, 11) is -6.92. The Morgan fingerprint density at radius 3 is 1.15 bits per heavy atom. The van der Waals surface area contributed by atoms with Gasteiger partial charge in [-0.2, -0.15) is 8.61 Å². The second-order valence-electron chi connectivity index (χ2n) is 9.60. The molecule has 2 aromatic carbocycles. The van der Waals surface area contributed by atoms with Crippen molar-refractivity contribution in [2.24, 2.45) is 0 Å². The predicted molar refractivity (Wildman–Crippen MR) is 130 cm³/mol. The summed E-state index contributed by atoms with van der Waals surface area (Å²) < 4.78 is 54.9. The van der Waals surface area contributed by atoms with Crippen LogP contribution in [0.25, 0.3) is 0 Å². The molecule has 6 nitrogen and oxygen atoms in total. The monoisotopic (exact) mass is 490 g/mol. The molecule has 0 N–H and O–H groups in total. The van der Waals surface area contributed by atoms with Crippen molar-refractivity contribution >= 4 is 20.0 Å². The first-order chi connectivity index (χ1) is 15.6. The van der Waals surface area contributed by atoms with Crippen molar-refractivity contribution in [3.63, 3.8) is 0 Å². The zero-order valence-corrected chi connectivity index (χ0v) is 21.2. The van der Waals surface area contributed by atoms with Crippen LogP contribution in [0.3, 0.4) is 0 Å². The van der Waals surface area contributed by atoms with Crippen LogP contribution in [0.4, 0.5) is 0 Å². The highest BCUT2D eigenvalue weighted by atomic mass is 32.2. The van der Waals surface area contributed by atoms with E-state index in [0.717, 1.165) is 49.7 Å². The second kappa shape index (κ2) is 9.49. The molecular weight excluding hydrogens is 456 g/mol. The topological polar surface area (TPSA) is 74.8 Å². The Morgan fingerprint density at radius 1 is 0.545 bits per heavy atom. The van der Waals surface area contributed by atoms with Gasteiger partial charge in [0.25, 0.3) is 0 Å². The quantitative estimate of drug-likeness (QED) is 0.603. The fourth-order valence-corrected chi connectivity index (χ4v) is 7.80. The number of hydrogen-bond donors (Lipinski definition) is 0. The van der Waals surface area contributed by atoms with E-state index in [1.165, 1.54) is 0 Å². The number of nitrogens with zero attached hydrogens (tertiary/aromatic N) is 2. The second-order valence-corrected chi connectivity index (χ2v) is 13.5. The maximum Gasteiger partial charge on any atom is 0.243 e. The number of benzene rings is 2. The van der Waals surface area contributed by atoms with Gasteiger partial charge in [0.1, 0.15) is 0 Å². The van der Waals surface area contributed by atoms with E-state index >= 15 is 0 Å². The van der Waals surface area contributed by atoms with Gasteiger partial charge in [0, 0.05) is 31.6 Å². The van der Waals surface area contributed by atoms with Gasteiger partial charge in [0.15, 0.2) is 0 Å². The molecule has 0 bridgehead atoms. The Labute approximate surface area is 198 Å². The first kappa shape index (κ1) is 24.4. The van der Waals surface area contributed by atoms with Crippen molar-refractivity contribution in [2.45, 2.75) is 67.6 Å². The SMILES string of the molecule is CC(C)(c1ccc(S(=O)(=O)N2CCCCC2)cc1)c1ccc(S(=O)(=O)N2CCCCC2)cc1. The lowest BCUT2D eigenvalue weighted by Crippen LogP contribution is -2.35. The van der Waals surface area contributed by atoms with E-state index in [1.807, 2.05) is 24.3 Å². The molecular formula is C25H34N2O4S2. The highest BCUT2D eigenvalue weighted by Gasteiger charge is 2.29. The van der Waals surface area contributed by atoms with Gasteiger partial charge in [-0.25, -0.2) is 16.8 Å². The van der Waals surface area contributed by atoms with E-state index in [4.69, 9.17) is 0 Å². The maximum atomic E-state index is 12.9. The highest BCUT2D eigenvalue weighted by molar-refractivity contribution is 7.89. The fourth-order valence-electron chi connectivity index (χ4n) is 4.76. The Kier molecular flexibility index (Phi) is 7.01. The fraction of sp³-hybridized carbons (Fsp3) is 0.520. The summed E-state index contributed by atoms with van der Waals surface area (Å²) in [4.78, 5) is 0.652. The lowest BCUT2D eigenvalue weighted by Gasteiger charge is -2.29. The van der Waals surface area contributed by atoms with Crippen molar-refractivity contribution < 1.29 is 16.8 Å². The van der Waals surface area contributed by atoms with Gasteiger partial charge >= 0.3 is 0 Å². The van der Waals surface area contributed by atoms with E-state index in [2.05, 4.69) is 13.8 Å². The van der Waals surface area contributed by atoms with Crippen LogP contribution in [0.2, 0.25) is 0 Å². The molecule has 2 aliphatic heterocycles. The van der Waals surface area contributed by atoms with Crippen LogP contribution in [0.1, 0.15) is 63.5 Å². The zero-order valence-electron chi connectivity index (χ0n) is 19.5. The Bertz CT molecular complexity index is 1070. The number of piperidine rings is 2. The van der Waals surface area contributed by atoms with Crippen molar-refractivity contribution in [2.75, 3.05) is 26.2 Å². The zero-order chi connectivity index (χ0) is 23.7. The van der Waals surface area contributed by atoms with E-state index in [0.29, 0.717) is 36.0 Å². The molecule has 2 fully saturated rings. The molecule has 0 amide bonds. The van der Waals surface area contributed by atoms with Crippen LogP contribution >= 0.6 is 0 Å². The first-order valence-corrected chi connectivity index (χ1v) is 14.7. The normalized spacial score (nSPS) is 19.5. The molecule has 0 aromatic heterocycles. The Morgan fingerprint density at radius 2 is 0.848 bits per heavy atom. The molecule has 180 valence electrons. The maximum absolute atomic E-state index is 12.9. The minimum atomic E-state index is -3.46.